The van der Waals surface area contributed by atoms with Gasteiger partial charge in [0.05, 0.1) is 6.20 Å². The zero-order valence-electron chi connectivity index (χ0n) is 11.7. The molecule has 0 fully saturated rings. The lowest BCUT2D eigenvalue weighted by Crippen LogP contribution is -2.28. The van der Waals surface area contributed by atoms with E-state index in [1.165, 1.54) is 31.2 Å². The quantitative estimate of drug-likeness (QED) is 0.701. The summed E-state index contributed by atoms with van der Waals surface area (Å²) in [5, 5.41) is 7.95. The van der Waals surface area contributed by atoms with E-state index in [-0.39, 0.29) is 0 Å². The van der Waals surface area contributed by atoms with Crippen molar-refractivity contribution in [2.75, 3.05) is 0 Å². The highest BCUT2D eigenvalue weighted by Crippen LogP contribution is 2.13. The molecule has 0 aliphatic rings. The smallest absolute Gasteiger partial charge is 0.0537 e. The van der Waals surface area contributed by atoms with Gasteiger partial charge in [0.15, 0.2) is 0 Å². The first-order valence-corrected chi connectivity index (χ1v) is 6.95. The van der Waals surface area contributed by atoms with Crippen molar-refractivity contribution in [1.29, 1.82) is 0 Å². The number of hydrogen-bond acceptors (Lipinski definition) is 2. The summed E-state index contributed by atoms with van der Waals surface area (Å²) >= 11 is 0. The van der Waals surface area contributed by atoms with Gasteiger partial charge >= 0.3 is 0 Å². The van der Waals surface area contributed by atoms with Crippen LogP contribution in [0.3, 0.4) is 0 Å². The Balaban J connectivity index is 2.34. The summed E-state index contributed by atoms with van der Waals surface area (Å²) < 4.78 is 1.98. The molecule has 0 aliphatic carbocycles. The van der Waals surface area contributed by atoms with Crippen LogP contribution in [0.2, 0.25) is 0 Å². The van der Waals surface area contributed by atoms with Gasteiger partial charge in [0.2, 0.25) is 0 Å². The van der Waals surface area contributed by atoms with E-state index in [0.29, 0.717) is 12.1 Å². The van der Waals surface area contributed by atoms with Crippen LogP contribution in [0, 0.1) is 0 Å². The van der Waals surface area contributed by atoms with Crippen LogP contribution in [0.1, 0.15) is 65.0 Å². The van der Waals surface area contributed by atoms with Crippen molar-refractivity contribution < 1.29 is 0 Å². The number of nitrogens with zero attached hydrogens (tertiary/aromatic N) is 2. The Hall–Kier alpha value is -0.830. The van der Waals surface area contributed by atoms with Gasteiger partial charge in [-0.2, -0.15) is 5.10 Å². The van der Waals surface area contributed by atoms with Gasteiger partial charge in [0.25, 0.3) is 0 Å². The lowest BCUT2D eigenvalue weighted by atomic mass is 10.1. The molecule has 0 radical (unpaired) electrons. The summed E-state index contributed by atoms with van der Waals surface area (Å²) in [7, 11) is 0. The molecule has 0 bridgehead atoms. The SMILES string of the molecule is CCCCCC(C)NC(C)c1cnn(CC)c1. The maximum Gasteiger partial charge on any atom is 0.0537 e. The van der Waals surface area contributed by atoms with Crippen LogP contribution < -0.4 is 5.32 Å². The van der Waals surface area contributed by atoms with Crippen molar-refractivity contribution >= 4 is 0 Å². The van der Waals surface area contributed by atoms with Crippen molar-refractivity contribution in [3.63, 3.8) is 0 Å². The van der Waals surface area contributed by atoms with Crippen LogP contribution in [0.25, 0.3) is 0 Å². The van der Waals surface area contributed by atoms with Crippen molar-refractivity contribution in [2.45, 2.75) is 72.0 Å². The second-order valence-corrected chi connectivity index (χ2v) is 4.91. The zero-order chi connectivity index (χ0) is 12.7. The number of aryl methyl sites for hydroxylation is 1. The molecule has 3 nitrogen and oxygen atoms in total. The Labute approximate surface area is 106 Å². The van der Waals surface area contributed by atoms with E-state index in [9.17, 15) is 0 Å². The normalized spacial score (nSPS) is 14.8. The molecule has 0 aromatic carbocycles. The van der Waals surface area contributed by atoms with E-state index in [2.05, 4.69) is 44.3 Å². The van der Waals surface area contributed by atoms with Crippen LogP contribution in [-0.4, -0.2) is 15.8 Å². The predicted octanol–water partition coefficient (Wildman–Crippen LogP) is 3.52. The molecule has 2 unspecified atom stereocenters. The predicted molar refractivity (Wildman–Crippen MR) is 73.1 cm³/mol. The highest BCUT2D eigenvalue weighted by atomic mass is 15.3. The second-order valence-electron chi connectivity index (χ2n) is 4.91. The molecule has 1 rings (SSSR count). The van der Waals surface area contributed by atoms with Gasteiger partial charge in [-0.1, -0.05) is 26.2 Å². The fraction of sp³-hybridized carbons (Fsp3) is 0.786. The van der Waals surface area contributed by atoms with Crippen LogP contribution in [0.4, 0.5) is 0 Å². The Morgan fingerprint density at radius 3 is 2.65 bits per heavy atom. The third-order valence-corrected chi connectivity index (χ3v) is 3.25. The van der Waals surface area contributed by atoms with Gasteiger partial charge in [-0.15, -0.1) is 0 Å². The van der Waals surface area contributed by atoms with Gasteiger partial charge in [-0.25, -0.2) is 0 Å². The van der Waals surface area contributed by atoms with Crippen LogP contribution in [0.15, 0.2) is 12.4 Å². The van der Waals surface area contributed by atoms with E-state index in [1.54, 1.807) is 0 Å². The van der Waals surface area contributed by atoms with E-state index in [0.717, 1.165) is 6.54 Å². The minimum absolute atomic E-state index is 0.395. The second kappa shape index (κ2) is 7.49. The van der Waals surface area contributed by atoms with E-state index < -0.39 is 0 Å². The van der Waals surface area contributed by atoms with Gasteiger partial charge in [0, 0.05) is 30.4 Å². The number of unbranched alkanes of at least 4 members (excludes halogenated alkanes) is 2. The minimum atomic E-state index is 0.395. The summed E-state index contributed by atoms with van der Waals surface area (Å²) in [5.41, 5.74) is 1.29. The molecular formula is C14H27N3. The van der Waals surface area contributed by atoms with Crippen molar-refractivity contribution in [3.05, 3.63) is 18.0 Å². The average molecular weight is 237 g/mol. The van der Waals surface area contributed by atoms with Gasteiger partial charge in [0.1, 0.15) is 0 Å². The maximum absolute atomic E-state index is 4.32. The van der Waals surface area contributed by atoms with Crippen molar-refractivity contribution in [1.82, 2.24) is 15.1 Å². The van der Waals surface area contributed by atoms with Gasteiger partial charge in [-0.05, 0) is 27.2 Å². The molecule has 3 heteroatoms. The summed E-state index contributed by atoms with van der Waals surface area (Å²) in [6.45, 7) is 9.80. The molecular weight excluding hydrogens is 210 g/mol. The molecule has 0 saturated carbocycles. The molecule has 1 aromatic heterocycles. The Bertz CT molecular complexity index is 306. The fourth-order valence-electron chi connectivity index (χ4n) is 2.08. The molecule has 1 N–H and O–H groups in total. The molecule has 0 aliphatic heterocycles. The Morgan fingerprint density at radius 1 is 1.29 bits per heavy atom. The number of nitrogens with one attached hydrogen (secondary N) is 1. The lowest BCUT2D eigenvalue weighted by molar-refractivity contribution is 0.440. The van der Waals surface area contributed by atoms with Gasteiger partial charge < -0.3 is 5.32 Å². The number of hydrogen-bond donors (Lipinski definition) is 1. The lowest BCUT2D eigenvalue weighted by Gasteiger charge is -2.18. The molecule has 1 heterocycles. The minimum Gasteiger partial charge on any atom is -0.308 e. The van der Waals surface area contributed by atoms with Crippen LogP contribution >= 0.6 is 0 Å². The highest BCUT2D eigenvalue weighted by molar-refractivity contribution is 5.09. The third-order valence-electron chi connectivity index (χ3n) is 3.25. The van der Waals surface area contributed by atoms with E-state index in [4.69, 9.17) is 0 Å². The average Bonchev–Trinajstić information content (AvgIpc) is 2.78. The summed E-state index contributed by atoms with van der Waals surface area (Å²) in [5.74, 6) is 0. The Morgan fingerprint density at radius 2 is 2.06 bits per heavy atom. The largest absolute Gasteiger partial charge is 0.308 e. The molecule has 0 spiro atoms. The summed E-state index contributed by atoms with van der Waals surface area (Å²) in [4.78, 5) is 0. The monoisotopic (exact) mass is 237 g/mol. The Kier molecular flexibility index (Phi) is 6.27. The van der Waals surface area contributed by atoms with Crippen molar-refractivity contribution in [3.8, 4) is 0 Å². The van der Waals surface area contributed by atoms with Gasteiger partial charge in [-0.3, -0.25) is 4.68 Å². The first kappa shape index (κ1) is 14.2. The molecule has 98 valence electrons. The molecule has 1 aromatic rings. The maximum atomic E-state index is 4.32. The van der Waals surface area contributed by atoms with E-state index in [1.807, 2.05) is 10.9 Å². The summed E-state index contributed by atoms with van der Waals surface area (Å²) in [6, 6.07) is 0.980. The first-order chi connectivity index (χ1) is 8.17. The number of aromatic nitrogens is 2. The first-order valence-electron chi connectivity index (χ1n) is 6.95. The molecule has 17 heavy (non-hydrogen) atoms. The standard InChI is InChI=1S/C14H27N3/c1-5-7-8-9-12(3)16-13(4)14-10-15-17(6-2)11-14/h10-13,16H,5-9H2,1-4H3. The fourth-order valence-corrected chi connectivity index (χ4v) is 2.08. The summed E-state index contributed by atoms with van der Waals surface area (Å²) in [6.07, 6.45) is 9.34. The van der Waals surface area contributed by atoms with Crippen LogP contribution in [-0.2, 0) is 6.54 Å². The van der Waals surface area contributed by atoms with E-state index >= 15 is 0 Å². The topological polar surface area (TPSA) is 29.9 Å². The number of rotatable bonds is 8. The molecule has 0 saturated heterocycles. The zero-order valence-corrected chi connectivity index (χ0v) is 11.7. The molecule has 0 amide bonds. The highest BCUT2D eigenvalue weighted by Gasteiger charge is 2.10. The third kappa shape index (κ3) is 4.90. The van der Waals surface area contributed by atoms with Crippen molar-refractivity contribution in [2.24, 2.45) is 0 Å². The molecule has 2 atom stereocenters. The van der Waals surface area contributed by atoms with Crippen LogP contribution in [0.5, 0.6) is 0 Å².